The lowest BCUT2D eigenvalue weighted by molar-refractivity contribution is 0.631. The molecule has 104 valence electrons. The molecular formula is C17H14N2OS. The Bertz CT molecular complexity index is 828. The zero-order valence-electron chi connectivity index (χ0n) is 11.8. The summed E-state index contributed by atoms with van der Waals surface area (Å²) in [5.41, 5.74) is 3.81. The SMILES string of the molecule is CN(C)c1ccc2cc(-c3ccc(N=C=S)cc3)oc2c1. The van der Waals surface area contributed by atoms with Crippen molar-refractivity contribution in [3.05, 3.63) is 48.5 Å². The summed E-state index contributed by atoms with van der Waals surface area (Å²) in [6, 6.07) is 16.0. The maximum Gasteiger partial charge on any atom is 0.136 e. The number of nitrogens with zero attached hydrogens (tertiary/aromatic N) is 2. The summed E-state index contributed by atoms with van der Waals surface area (Å²) < 4.78 is 5.95. The molecule has 1 aromatic heterocycles. The van der Waals surface area contributed by atoms with Crippen LogP contribution < -0.4 is 4.90 Å². The van der Waals surface area contributed by atoms with Gasteiger partial charge in [0.25, 0.3) is 0 Å². The number of furan rings is 1. The molecule has 3 aromatic rings. The van der Waals surface area contributed by atoms with E-state index in [0.29, 0.717) is 0 Å². The first-order chi connectivity index (χ1) is 10.2. The van der Waals surface area contributed by atoms with Gasteiger partial charge >= 0.3 is 0 Å². The number of benzene rings is 2. The predicted octanol–water partition coefficient (Wildman–Crippen LogP) is 4.90. The van der Waals surface area contributed by atoms with Crippen LogP contribution in [0.3, 0.4) is 0 Å². The van der Waals surface area contributed by atoms with Gasteiger partial charge in [-0.25, -0.2) is 0 Å². The van der Waals surface area contributed by atoms with Gasteiger partial charge in [-0.05, 0) is 54.7 Å². The van der Waals surface area contributed by atoms with Crippen molar-refractivity contribution in [1.29, 1.82) is 0 Å². The van der Waals surface area contributed by atoms with Crippen LogP contribution in [0.1, 0.15) is 0 Å². The molecule has 0 N–H and O–H groups in total. The number of rotatable bonds is 3. The zero-order chi connectivity index (χ0) is 14.8. The molecule has 21 heavy (non-hydrogen) atoms. The molecule has 0 saturated carbocycles. The Morgan fingerprint density at radius 3 is 2.48 bits per heavy atom. The lowest BCUT2D eigenvalue weighted by Crippen LogP contribution is -2.07. The van der Waals surface area contributed by atoms with Crippen LogP contribution in [0.4, 0.5) is 11.4 Å². The van der Waals surface area contributed by atoms with Crippen molar-refractivity contribution in [1.82, 2.24) is 0 Å². The highest BCUT2D eigenvalue weighted by Gasteiger charge is 2.07. The number of hydrogen-bond acceptors (Lipinski definition) is 4. The maximum atomic E-state index is 5.95. The fraction of sp³-hybridized carbons (Fsp3) is 0.118. The molecular weight excluding hydrogens is 280 g/mol. The second kappa shape index (κ2) is 5.52. The number of fused-ring (bicyclic) bond motifs is 1. The molecule has 0 fully saturated rings. The van der Waals surface area contributed by atoms with Crippen LogP contribution in [0.5, 0.6) is 0 Å². The average molecular weight is 294 g/mol. The third-order valence-corrected chi connectivity index (χ3v) is 3.44. The second-order valence-electron chi connectivity index (χ2n) is 4.98. The topological polar surface area (TPSA) is 28.7 Å². The summed E-state index contributed by atoms with van der Waals surface area (Å²) in [5.74, 6) is 0.846. The van der Waals surface area contributed by atoms with E-state index in [1.165, 1.54) is 0 Å². The third-order valence-electron chi connectivity index (χ3n) is 3.35. The van der Waals surface area contributed by atoms with Crippen LogP contribution in [0.25, 0.3) is 22.3 Å². The Morgan fingerprint density at radius 1 is 1.05 bits per heavy atom. The molecule has 0 aliphatic heterocycles. The fourth-order valence-corrected chi connectivity index (χ4v) is 2.30. The molecule has 0 amide bonds. The third kappa shape index (κ3) is 2.72. The van der Waals surface area contributed by atoms with Crippen LogP contribution in [-0.4, -0.2) is 19.3 Å². The Morgan fingerprint density at radius 2 is 1.81 bits per heavy atom. The number of isothiocyanates is 1. The molecule has 0 radical (unpaired) electrons. The van der Waals surface area contributed by atoms with E-state index in [4.69, 9.17) is 4.42 Å². The molecule has 0 bridgehead atoms. The molecule has 0 spiro atoms. The van der Waals surface area contributed by atoms with E-state index in [2.05, 4.69) is 39.4 Å². The highest BCUT2D eigenvalue weighted by molar-refractivity contribution is 7.78. The van der Waals surface area contributed by atoms with Gasteiger partial charge in [-0.2, -0.15) is 4.99 Å². The van der Waals surface area contributed by atoms with Crippen LogP contribution in [0.2, 0.25) is 0 Å². The summed E-state index contributed by atoms with van der Waals surface area (Å²) in [6.45, 7) is 0. The molecule has 1 heterocycles. The monoisotopic (exact) mass is 294 g/mol. The highest BCUT2D eigenvalue weighted by atomic mass is 32.1. The Hall–Kier alpha value is -2.42. The first kappa shape index (κ1) is 13.6. The van der Waals surface area contributed by atoms with Gasteiger partial charge in [-0.3, -0.25) is 0 Å². The number of thiocarbonyl (C=S) groups is 1. The Balaban J connectivity index is 2.02. The first-order valence-corrected chi connectivity index (χ1v) is 6.97. The summed E-state index contributed by atoms with van der Waals surface area (Å²) in [7, 11) is 4.03. The lowest BCUT2D eigenvalue weighted by Gasteiger charge is -2.11. The number of anilines is 1. The molecule has 0 aliphatic carbocycles. The van der Waals surface area contributed by atoms with Gasteiger partial charge in [0.15, 0.2) is 0 Å². The predicted molar refractivity (Wildman–Crippen MR) is 90.7 cm³/mol. The van der Waals surface area contributed by atoms with Crippen molar-refractivity contribution in [2.24, 2.45) is 4.99 Å². The van der Waals surface area contributed by atoms with Crippen molar-refractivity contribution in [3.63, 3.8) is 0 Å². The van der Waals surface area contributed by atoms with Crippen LogP contribution >= 0.6 is 12.2 Å². The van der Waals surface area contributed by atoms with Gasteiger partial charge in [0.1, 0.15) is 11.3 Å². The van der Waals surface area contributed by atoms with E-state index in [0.717, 1.165) is 33.7 Å². The van der Waals surface area contributed by atoms with Gasteiger partial charge in [0.05, 0.1) is 10.8 Å². The second-order valence-corrected chi connectivity index (χ2v) is 5.16. The molecule has 4 heteroatoms. The average Bonchev–Trinajstić information content (AvgIpc) is 2.91. The van der Waals surface area contributed by atoms with Crippen molar-refractivity contribution in [2.45, 2.75) is 0 Å². The molecule has 3 nitrogen and oxygen atoms in total. The van der Waals surface area contributed by atoms with E-state index in [9.17, 15) is 0 Å². The summed E-state index contributed by atoms with van der Waals surface area (Å²) in [4.78, 5) is 6.00. The summed E-state index contributed by atoms with van der Waals surface area (Å²) >= 11 is 4.60. The normalized spacial score (nSPS) is 10.4. The van der Waals surface area contributed by atoms with Gasteiger partial charge in [-0.1, -0.05) is 0 Å². The van der Waals surface area contributed by atoms with E-state index < -0.39 is 0 Å². The molecule has 0 unspecified atom stereocenters. The lowest BCUT2D eigenvalue weighted by atomic mass is 10.1. The Labute approximate surface area is 128 Å². The molecule has 3 rings (SSSR count). The highest BCUT2D eigenvalue weighted by Crippen LogP contribution is 2.31. The van der Waals surface area contributed by atoms with Gasteiger partial charge in [0, 0.05) is 36.8 Å². The van der Waals surface area contributed by atoms with Crippen LogP contribution in [0.15, 0.2) is 57.9 Å². The van der Waals surface area contributed by atoms with Crippen LogP contribution in [-0.2, 0) is 0 Å². The van der Waals surface area contributed by atoms with Crippen molar-refractivity contribution >= 4 is 39.7 Å². The summed E-state index contributed by atoms with van der Waals surface area (Å²) in [5, 5.41) is 3.46. The number of hydrogen-bond donors (Lipinski definition) is 0. The smallest absolute Gasteiger partial charge is 0.136 e. The Kier molecular flexibility index (Phi) is 3.57. The maximum absolute atomic E-state index is 5.95. The van der Waals surface area contributed by atoms with E-state index in [-0.39, 0.29) is 0 Å². The van der Waals surface area contributed by atoms with Crippen molar-refractivity contribution < 1.29 is 4.42 Å². The minimum Gasteiger partial charge on any atom is -0.456 e. The minimum atomic E-state index is 0.791. The quantitative estimate of drug-likeness (QED) is 0.508. The standard InChI is InChI=1S/C17H14N2OS/c1-19(2)15-8-5-13-9-16(20-17(13)10-15)12-3-6-14(7-4-12)18-11-21/h3-10H,1-2H3. The zero-order valence-corrected chi connectivity index (χ0v) is 12.6. The molecule has 0 saturated heterocycles. The van der Waals surface area contributed by atoms with Gasteiger partial charge < -0.3 is 9.32 Å². The first-order valence-electron chi connectivity index (χ1n) is 6.56. The van der Waals surface area contributed by atoms with E-state index in [1.54, 1.807) is 0 Å². The largest absolute Gasteiger partial charge is 0.456 e. The molecule has 0 atom stereocenters. The number of aliphatic imine (C=N–C) groups is 1. The van der Waals surface area contributed by atoms with Gasteiger partial charge in [-0.15, -0.1) is 0 Å². The minimum absolute atomic E-state index is 0.791. The van der Waals surface area contributed by atoms with Crippen molar-refractivity contribution in [2.75, 3.05) is 19.0 Å². The van der Waals surface area contributed by atoms with Crippen molar-refractivity contribution in [3.8, 4) is 11.3 Å². The van der Waals surface area contributed by atoms with E-state index >= 15 is 0 Å². The van der Waals surface area contributed by atoms with E-state index in [1.807, 2.05) is 50.5 Å². The molecule has 2 aromatic carbocycles. The summed E-state index contributed by atoms with van der Waals surface area (Å²) in [6.07, 6.45) is 0. The van der Waals surface area contributed by atoms with Crippen LogP contribution in [0, 0.1) is 0 Å². The van der Waals surface area contributed by atoms with Gasteiger partial charge in [0.2, 0.25) is 0 Å². The fourth-order valence-electron chi connectivity index (χ4n) is 2.19. The molecule has 0 aliphatic rings.